The minimum absolute atomic E-state index is 0.0808. The van der Waals surface area contributed by atoms with Crippen LogP contribution in [0.3, 0.4) is 0 Å². The second kappa shape index (κ2) is 14.2. The van der Waals surface area contributed by atoms with Crippen molar-refractivity contribution in [3.05, 3.63) is 160 Å². The third-order valence-corrected chi connectivity index (χ3v) is 8.77. The molecule has 0 N–H and O–H groups in total. The van der Waals surface area contributed by atoms with Gasteiger partial charge < -0.3 is 0 Å². The molecule has 0 spiro atoms. The van der Waals surface area contributed by atoms with Gasteiger partial charge in [0.1, 0.15) is 0 Å². The Morgan fingerprint density at radius 1 is 0.458 bits per heavy atom. The number of hydrogen-bond donors (Lipinski definition) is 0. The number of aromatic nitrogens is 1. The Balaban J connectivity index is 1.81. The second-order valence-electron chi connectivity index (χ2n) is 15.4. The highest BCUT2D eigenvalue weighted by Gasteiger charge is 2.24. The number of hydrogen-bond acceptors (Lipinski definition) is 3. The van der Waals surface area contributed by atoms with Gasteiger partial charge in [0, 0.05) is 11.1 Å². The Kier molecular flexibility index (Phi) is 10.3. The summed E-state index contributed by atoms with van der Waals surface area (Å²) in [5, 5.41) is 0. The van der Waals surface area contributed by atoms with E-state index in [4.69, 9.17) is 15.0 Å². The molecule has 0 fully saturated rings. The topological polar surface area (TPSA) is 37.6 Å². The number of benzene rings is 4. The van der Waals surface area contributed by atoms with Gasteiger partial charge >= 0.3 is 0 Å². The molecule has 1 heterocycles. The van der Waals surface area contributed by atoms with Crippen LogP contribution in [0, 0.1) is 0 Å². The second-order valence-corrected chi connectivity index (χ2v) is 15.4. The first-order valence-electron chi connectivity index (χ1n) is 17.3. The lowest BCUT2D eigenvalue weighted by Gasteiger charge is -2.25. The van der Waals surface area contributed by atoms with Crippen LogP contribution < -0.4 is 0 Å². The first-order chi connectivity index (χ1) is 22.8. The van der Waals surface area contributed by atoms with Crippen molar-refractivity contribution in [3.63, 3.8) is 0 Å². The molecule has 0 bridgehead atoms. The fourth-order valence-corrected chi connectivity index (χ4v) is 6.17. The third kappa shape index (κ3) is 7.73. The highest BCUT2D eigenvalue weighted by atomic mass is 14.9. The van der Waals surface area contributed by atoms with Gasteiger partial charge in [-0.1, -0.05) is 172 Å². The fraction of sp³-hybridized carbons (Fsp3) is 0.311. The largest absolute Gasteiger partial charge is 0.246 e. The summed E-state index contributed by atoms with van der Waals surface area (Å²) in [5.41, 5.74) is 12.2. The van der Waals surface area contributed by atoms with Gasteiger partial charge in [-0.2, -0.15) is 0 Å². The minimum Gasteiger partial charge on any atom is -0.246 e. The van der Waals surface area contributed by atoms with Crippen LogP contribution in [-0.2, 0) is 10.8 Å². The lowest BCUT2D eigenvalue weighted by Crippen LogP contribution is -2.15. The molecule has 0 aliphatic rings. The summed E-state index contributed by atoms with van der Waals surface area (Å²) < 4.78 is 0. The Morgan fingerprint density at radius 3 is 1.15 bits per heavy atom. The van der Waals surface area contributed by atoms with Crippen LogP contribution >= 0.6 is 0 Å². The number of para-hydroxylation sites is 2. The molecule has 0 saturated carbocycles. The van der Waals surface area contributed by atoms with Gasteiger partial charge in [-0.15, -0.1) is 0 Å². The molecule has 0 aliphatic heterocycles. The van der Waals surface area contributed by atoms with Gasteiger partial charge in [-0.05, 0) is 57.1 Å². The lowest BCUT2D eigenvalue weighted by atomic mass is 9.83. The Labute approximate surface area is 289 Å². The van der Waals surface area contributed by atoms with E-state index in [-0.39, 0.29) is 10.8 Å². The van der Waals surface area contributed by atoms with E-state index in [2.05, 4.69) is 172 Å². The van der Waals surface area contributed by atoms with Crippen molar-refractivity contribution >= 4 is 22.8 Å². The van der Waals surface area contributed by atoms with Crippen molar-refractivity contribution in [2.45, 2.75) is 91.9 Å². The molecule has 0 amide bonds. The van der Waals surface area contributed by atoms with Gasteiger partial charge in [0.2, 0.25) is 0 Å². The van der Waals surface area contributed by atoms with Crippen molar-refractivity contribution < 1.29 is 0 Å². The Morgan fingerprint density at radius 2 is 0.812 bits per heavy atom. The van der Waals surface area contributed by atoms with Crippen LogP contribution in [0.15, 0.2) is 125 Å². The van der Waals surface area contributed by atoms with Crippen molar-refractivity contribution in [1.29, 1.82) is 0 Å². The van der Waals surface area contributed by atoms with Crippen molar-refractivity contribution in [2.24, 2.45) is 9.98 Å². The van der Waals surface area contributed by atoms with E-state index < -0.39 is 0 Å². The number of aliphatic imine (C=N–C) groups is 2. The average Bonchev–Trinajstić information content (AvgIpc) is 3.05. The number of pyridine rings is 1. The zero-order chi connectivity index (χ0) is 34.6. The van der Waals surface area contributed by atoms with E-state index in [0.717, 1.165) is 45.3 Å². The monoisotopic (exact) mass is 633 g/mol. The maximum Gasteiger partial charge on any atom is 0.0966 e. The molecule has 1 aromatic heterocycles. The van der Waals surface area contributed by atoms with Gasteiger partial charge in [0.25, 0.3) is 0 Å². The fourth-order valence-electron chi connectivity index (χ4n) is 6.17. The normalized spacial score (nSPS) is 13.0. The molecule has 48 heavy (non-hydrogen) atoms. The van der Waals surface area contributed by atoms with Gasteiger partial charge in [-0.3, -0.25) is 0 Å². The predicted octanol–water partition coefficient (Wildman–Crippen LogP) is 12.3. The number of nitrogens with zero attached hydrogens (tertiary/aromatic N) is 3. The van der Waals surface area contributed by atoms with E-state index in [0.29, 0.717) is 11.8 Å². The molecule has 0 atom stereocenters. The van der Waals surface area contributed by atoms with Crippen LogP contribution in [0.25, 0.3) is 0 Å². The number of rotatable bonds is 8. The van der Waals surface area contributed by atoms with Crippen molar-refractivity contribution in [2.75, 3.05) is 0 Å². The van der Waals surface area contributed by atoms with E-state index in [1.807, 2.05) is 12.1 Å². The highest BCUT2D eigenvalue weighted by Crippen LogP contribution is 2.40. The standard InChI is InChI=1S/C45H51N3/c1-30(2)34-24-17-26-36(44(5,6)7)42(34)47-40(32-20-13-11-14-21-32)38-28-19-29-39(46-38)41(33-22-15-12-16-23-33)48-43-35(31(3)4)25-18-27-37(43)45(8,9)10/h11-31H,1-10H3/b47-40+,48-41+. The zero-order valence-corrected chi connectivity index (χ0v) is 30.5. The summed E-state index contributed by atoms with van der Waals surface area (Å²) in [6.07, 6.45) is 0. The molecule has 4 aromatic carbocycles. The molecule has 0 unspecified atom stereocenters. The summed E-state index contributed by atoms with van der Waals surface area (Å²) in [7, 11) is 0. The van der Waals surface area contributed by atoms with Crippen LogP contribution in [0.5, 0.6) is 0 Å². The van der Waals surface area contributed by atoms with Gasteiger partial charge in [0.05, 0.1) is 34.2 Å². The zero-order valence-electron chi connectivity index (χ0n) is 30.5. The maximum absolute atomic E-state index is 5.54. The summed E-state index contributed by atoms with van der Waals surface area (Å²) >= 11 is 0. The summed E-state index contributed by atoms with van der Waals surface area (Å²) in [5.74, 6) is 0.634. The highest BCUT2D eigenvalue weighted by molar-refractivity contribution is 6.16. The molecule has 3 heteroatoms. The smallest absolute Gasteiger partial charge is 0.0966 e. The van der Waals surface area contributed by atoms with Crippen molar-refractivity contribution in [1.82, 2.24) is 4.98 Å². The van der Waals surface area contributed by atoms with Gasteiger partial charge in [-0.25, -0.2) is 15.0 Å². The first kappa shape index (κ1) is 34.7. The molecular weight excluding hydrogens is 583 g/mol. The quantitative estimate of drug-likeness (QED) is 0.157. The maximum atomic E-state index is 5.54. The Hall–Kier alpha value is -4.63. The average molecular weight is 634 g/mol. The van der Waals surface area contributed by atoms with E-state index in [1.165, 1.54) is 22.3 Å². The molecule has 0 radical (unpaired) electrons. The van der Waals surface area contributed by atoms with Crippen LogP contribution in [0.2, 0.25) is 0 Å². The van der Waals surface area contributed by atoms with E-state index in [1.54, 1.807) is 0 Å². The summed E-state index contributed by atoms with van der Waals surface area (Å²) in [6, 6.07) is 40.3. The minimum atomic E-state index is -0.0808. The van der Waals surface area contributed by atoms with Crippen LogP contribution in [0.4, 0.5) is 11.4 Å². The summed E-state index contributed by atoms with van der Waals surface area (Å²) in [4.78, 5) is 16.5. The summed E-state index contributed by atoms with van der Waals surface area (Å²) in [6.45, 7) is 22.5. The van der Waals surface area contributed by atoms with E-state index >= 15 is 0 Å². The predicted molar refractivity (Wildman–Crippen MR) is 206 cm³/mol. The van der Waals surface area contributed by atoms with Crippen molar-refractivity contribution in [3.8, 4) is 0 Å². The lowest BCUT2D eigenvalue weighted by molar-refractivity contribution is 0.589. The van der Waals surface area contributed by atoms with E-state index in [9.17, 15) is 0 Å². The molecule has 5 aromatic rings. The molecule has 3 nitrogen and oxygen atoms in total. The van der Waals surface area contributed by atoms with Crippen LogP contribution in [0.1, 0.15) is 126 Å². The SMILES string of the molecule is CC(C)c1cccc(C(C)(C)C)c1/N=C(\c1ccccc1)c1cccc(/C(=N/c2c(C(C)C)cccc2C(C)(C)C)c2ccccc2)n1. The molecular formula is C45H51N3. The molecule has 0 aliphatic carbocycles. The molecule has 5 rings (SSSR count). The first-order valence-corrected chi connectivity index (χ1v) is 17.3. The van der Waals surface area contributed by atoms with Gasteiger partial charge in [0.15, 0.2) is 0 Å². The Bertz CT molecular complexity index is 1780. The third-order valence-electron chi connectivity index (χ3n) is 8.77. The molecule has 0 saturated heterocycles. The van der Waals surface area contributed by atoms with Crippen LogP contribution in [-0.4, -0.2) is 16.4 Å². The molecule has 246 valence electrons.